The van der Waals surface area contributed by atoms with Gasteiger partial charge in [0.1, 0.15) is 0 Å². The third kappa shape index (κ3) is 4.72. The minimum absolute atomic E-state index is 0.0254. The van der Waals surface area contributed by atoms with E-state index < -0.39 is 5.97 Å². The summed E-state index contributed by atoms with van der Waals surface area (Å²) in [6, 6.07) is 3.24. The molecular formula is C14H17N3O5. The van der Waals surface area contributed by atoms with Gasteiger partial charge in [-0.3, -0.25) is 9.59 Å². The van der Waals surface area contributed by atoms with Gasteiger partial charge in [-0.05, 0) is 25.5 Å². The largest absolute Gasteiger partial charge is 0.481 e. The predicted octanol–water partition coefficient (Wildman–Crippen LogP) is 1.63. The Labute approximate surface area is 126 Å². The van der Waals surface area contributed by atoms with Gasteiger partial charge >= 0.3 is 5.97 Å². The Kier molecular flexibility index (Phi) is 5.29. The number of aryl methyl sites for hydroxylation is 1. The van der Waals surface area contributed by atoms with Crippen LogP contribution in [0.2, 0.25) is 0 Å². The number of carboxylic acids is 1. The molecule has 2 N–H and O–H groups in total. The number of carbonyl (C=O) groups excluding carboxylic acids is 1. The zero-order valence-corrected chi connectivity index (χ0v) is 12.1. The molecule has 1 amide bonds. The Morgan fingerprint density at radius 1 is 1.41 bits per heavy atom. The highest BCUT2D eigenvalue weighted by molar-refractivity contribution is 5.76. The van der Waals surface area contributed by atoms with Gasteiger partial charge < -0.3 is 19.4 Å². The molecule has 0 aliphatic rings. The van der Waals surface area contributed by atoms with Crippen molar-refractivity contribution < 1.29 is 23.6 Å². The van der Waals surface area contributed by atoms with Gasteiger partial charge in [0.05, 0.1) is 6.26 Å². The van der Waals surface area contributed by atoms with Crippen LogP contribution in [0.15, 0.2) is 27.3 Å². The van der Waals surface area contributed by atoms with E-state index in [9.17, 15) is 9.59 Å². The van der Waals surface area contributed by atoms with E-state index in [4.69, 9.17) is 14.0 Å². The lowest BCUT2D eigenvalue weighted by Crippen LogP contribution is -2.33. The number of aliphatic carboxylic acids is 1. The number of aromatic nitrogens is 2. The molecule has 2 aromatic rings. The number of rotatable bonds is 8. The van der Waals surface area contributed by atoms with Crippen LogP contribution in [0.1, 0.15) is 32.1 Å². The van der Waals surface area contributed by atoms with E-state index in [0.717, 1.165) is 0 Å². The summed E-state index contributed by atoms with van der Waals surface area (Å²) in [4.78, 5) is 26.3. The van der Waals surface area contributed by atoms with Crippen LogP contribution in [0.5, 0.6) is 0 Å². The fourth-order valence-electron chi connectivity index (χ4n) is 1.84. The van der Waals surface area contributed by atoms with Gasteiger partial charge in [-0.15, -0.1) is 0 Å². The topological polar surface area (TPSA) is 118 Å². The van der Waals surface area contributed by atoms with Gasteiger partial charge in [0, 0.05) is 25.3 Å². The van der Waals surface area contributed by atoms with Crippen molar-refractivity contribution in [2.24, 2.45) is 0 Å². The number of hydrogen-bond donors (Lipinski definition) is 2. The summed E-state index contributed by atoms with van der Waals surface area (Å²) in [6.07, 6.45) is 2.43. The highest BCUT2D eigenvalue weighted by atomic mass is 16.5. The molecule has 0 spiro atoms. The van der Waals surface area contributed by atoms with Crippen molar-refractivity contribution in [1.29, 1.82) is 0 Å². The molecule has 0 saturated carbocycles. The number of furan rings is 1. The standard InChI is InChI=1S/C14H17N3O5/c1-9(4-7-13(19)20)15-11(18)5-6-12-16-14(17-22-12)10-3-2-8-21-10/h2-3,8-9H,4-7H2,1H3,(H,15,18)(H,19,20). The number of nitrogens with one attached hydrogen (secondary N) is 1. The van der Waals surface area contributed by atoms with Crippen LogP contribution in [-0.2, 0) is 16.0 Å². The normalized spacial score (nSPS) is 12.0. The molecule has 2 rings (SSSR count). The molecule has 2 heterocycles. The Morgan fingerprint density at radius 3 is 2.91 bits per heavy atom. The Balaban J connectivity index is 1.75. The lowest BCUT2D eigenvalue weighted by Gasteiger charge is -2.11. The number of amides is 1. The summed E-state index contributed by atoms with van der Waals surface area (Å²) in [5.74, 6) is 0.129. The Bertz CT molecular complexity index is 620. The maximum Gasteiger partial charge on any atom is 0.303 e. The van der Waals surface area contributed by atoms with Crippen LogP contribution in [0.3, 0.4) is 0 Å². The second kappa shape index (κ2) is 7.39. The van der Waals surface area contributed by atoms with Gasteiger partial charge in [0.25, 0.3) is 0 Å². The molecule has 1 unspecified atom stereocenters. The van der Waals surface area contributed by atoms with Crippen molar-refractivity contribution in [3.8, 4) is 11.6 Å². The number of carbonyl (C=O) groups is 2. The fraction of sp³-hybridized carbons (Fsp3) is 0.429. The molecule has 0 bridgehead atoms. The first kappa shape index (κ1) is 15.7. The molecule has 2 aromatic heterocycles. The third-order valence-electron chi connectivity index (χ3n) is 2.97. The molecule has 8 nitrogen and oxygen atoms in total. The predicted molar refractivity (Wildman–Crippen MR) is 74.8 cm³/mol. The van der Waals surface area contributed by atoms with Crippen molar-refractivity contribution in [2.75, 3.05) is 0 Å². The summed E-state index contributed by atoms with van der Waals surface area (Å²) in [5, 5.41) is 15.1. The average molecular weight is 307 g/mol. The zero-order chi connectivity index (χ0) is 15.9. The van der Waals surface area contributed by atoms with Crippen molar-refractivity contribution in [3.05, 3.63) is 24.3 Å². The Hall–Kier alpha value is -2.64. The molecule has 0 aliphatic carbocycles. The molecule has 118 valence electrons. The molecule has 0 radical (unpaired) electrons. The van der Waals surface area contributed by atoms with Crippen LogP contribution in [0.4, 0.5) is 0 Å². The highest BCUT2D eigenvalue weighted by Gasteiger charge is 2.13. The second-order valence-corrected chi connectivity index (χ2v) is 4.89. The van der Waals surface area contributed by atoms with Crippen molar-refractivity contribution in [2.45, 2.75) is 38.6 Å². The van der Waals surface area contributed by atoms with E-state index in [1.807, 2.05) is 0 Å². The summed E-state index contributed by atoms with van der Waals surface area (Å²) in [5.41, 5.74) is 0. The maximum atomic E-state index is 11.7. The quantitative estimate of drug-likeness (QED) is 0.760. The van der Waals surface area contributed by atoms with E-state index in [2.05, 4.69) is 15.5 Å². The molecular weight excluding hydrogens is 290 g/mol. The fourth-order valence-corrected chi connectivity index (χ4v) is 1.84. The van der Waals surface area contributed by atoms with Crippen molar-refractivity contribution in [1.82, 2.24) is 15.5 Å². The lowest BCUT2D eigenvalue weighted by atomic mass is 10.1. The van der Waals surface area contributed by atoms with E-state index >= 15 is 0 Å². The van der Waals surface area contributed by atoms with Crippen molar-refractivity contribution in [3.63, 3.8) is 0 Å². The first-order chi connectivity index (χ1) is 10.5. The van der Waals surface area contributed by atoms with Gasteiger partial charge in [0.2, 0.25) is 17.6 Å². The molecule has 8 heteroatoms. The molecule has 0 aromatic carbocycles. The molecule has 22 heavy (non-hydrogen) atoms. The van der Waals surface area contributed by atoms with E-state index in [-0.39, 0.29) is 24.8 Å². The van der Waals surface area contributed by atoms with E-state index in [1.54, 1.807) is 19.1 Å². The SMILES string of the molecule is CC(CCC(=O)O)NC(=O)CCc1nc(-c2ccco2)no1. The van der Waals surface area contributed by atoms with Crippen LogP contribution < -0.4 is 5.32 Å². The van der Waals surface area contributed by atoms with Crippen LogP contribution in [0, 0.1) is 0 Å². The van der Waals surface area contributed by atoms with E-state index in [1.165, 1.54) is 6.26 Å². The first-order valence-corrected chi connectivity index (χ1v) is 6.92. The maximum absolute atomic E-state index is 11.7. The third-order valence-corrected chi connectivity index (χ3v) is 2.97. The van der Waals surface area contributed by atoms with Gasteiger partial charge in [-0.1, -0.05) is 5.16 Å². The molecule has 0 saturated heterocycles. The summed E-state index contributed by atoms with van der Waals surface area (Å²) >= 11 is 0. The monoisotopic (exact) mass is 307 g/mol. The minimum atomic E-state index is -0.877. The lowest BCUT2D eigenvalue weighted by molar-refractivity contribution is -0.137. The Morgan fingerprint density at radius 2 is 2.23 bits per heavy atom. The van der Waals surface area contributed by atoms with E-state index in [0.29, 0.717) is 30.3 Å². The van der Waals surface area contributed by atoms with Gasteiger partial charge in [0.15, 0.2) is 5.76 Å². The summed E-state index contributed by atoms with van der Waals surface area (Å²) < 4.78 is 10.2. The number of carboxylic acid groups (broad SMARTS) is 1. The van der Waals surface area contributed by atoms with Crippen LogP contribution in [0.25, 0.3) is 11.6 Å². The second-order valence-electron chi connectivity index (χ2n) is 4.89. The zero-order valence-electron chi connectivity index (χ0n) is 12.1. The molecule has 0 aliphatic heterocycles. The minimum Gasteiger partial charge on any atom is -0.481 e. The first-order valence-electron chi connectivity index (χ1n) is 6.92. The van der Waals surface area contributed by atoms with Crippen LogP contribution in [-0.4, -0.2) is 33.2 Å². The van der Waals surface area contributed by atoms with Gasteiger partial charge in [-0.2, -0.15) is 4.98 Å². The smallest absolute Gasteiger partial charge is 0.303 e. The number of nitrogens with zero attached hydrogens (tertiary/aromatic N) is 2. The summed E-state index contributed by atoms with van der Waals surface area (Å²) in [6.45, 7) is 1.77. The molecule has 0 fully saturated rings. The highest BCUT2D eigenvalue weighted by Crippen LogP contribution is 2.16. The number of hydrogen-bond acceptors (Lipinski definition) is 6. The summed E-state index contributed by atoms with van der Waals surface area (Å²) in [7, 11) is 0. The molecule has 1 atom stereocenters. The van der Waals surface area contributed by atoms with Crippen LogP contribution >= 0.6 is 0 Å². The average Bonchev–Trinajstić information content (AvgIpc) is 3.13. The van der Waals surface area contributed by atoms with Gasteiger partial charge in [-0.25, -0.2) is 0 Å². The van der Waals surface area contributed by atoms with Crippen molar-refractivity contribution >= 4 is 11.9 Å².